The van der Waals surface area contributed by atoms with Crippen LogP contribution in [0.3, 0.4) is 0 Å². The average molecular weight is 267 g/mol. The van der Waals surface area contributed by atoms with Crippen LogP contribution in [0.2, 0.25) is 0 Å². The highest BCUT2D eigenvalue weighted by Gasteiger charge is 2.14. The van der Waals surface area contributed by atoms with Crippen molar-refractivity contribution in [3.8, 4) is 17.6 Å². The molecule has 1 amide bonds. The highest BCUT2D eigenvalue weighted by Crippen LogP contribution is 2.34. The Kier molecular flexibility index (Phi) is 2.94. The van der Waals surface area contributed by atoms with Gasteiger partial charge in [-0.15, -0.1) is 0 Å². The van der Waals surface area contributed by atoms with E-state index < -0.39 is 0 Å². The number of aromatic nitrogens is 1. The standard InChI is InChI=1S/C14H9N3O3/c15-6-11-2-1-9(7-16-11)14(18)17-10-3-4-12-13(5-10)20-8-19-12/h1-5,7H,8H2,(H,17,18). The van der Waals surface area contributed by atoms with E-state index in [0.717, 1.165) is 0 Å². The normalized spacial score (nSPS) is 11.8. The summed E-state index contributed by atoms with van der Waals surface area (Å²) >= 11 is 0. The van der Waals surface area contributed by atoms with E-state index in [0.29, 0.717) is 22.7 Å². The predicted molar refractivity (Wildman–Crippen MR) is 69.5 cm³/mol. The lowest BCUT2D eigenvalue weighted by Crippen LogP contribution is -2.12. The quantitative estimate of drug-likeness (QED) is 0.898. The van der Waals surface area contributed by atoms with Crippen molar-refractivity contribution in [2.75, 3.05) is 12.1 Å². The Morgan fingerprint density at radius 3 is 2.85 bits per heavy atom. The molecule has 0 fully saturated rings. The number of nitrogens with one attached hydrogen (secondary N) is 1. The number of carbonyl (C=O) groups is 1. The van der Waals surface area contributed by atoms with Gasteiger partial charge >= 0.3 is 0 Å². The van der Waals surface area contributed by atoms with Crippen LogP contribution in [0, 0.1) is 11.3 Å². The fourth-order valence-electron chi connectivity index (χ4n) is 1.77. The summed E-state index contributed by atoms with van der Waals surface area (Å²) < 4.78 is 10.4. The molecule has 1 aromatic carbocycles. The van der Waals surface area contributed by atoms with Gasteiger partial charge in [0.1, 0.15) is 11.8 Å². The van der Waals surface area contributed by atoms with E-state index in [2.05, 4.69) is 10.3 Å². The minimum atomic E-state index is -0.305. The zero-order chi connectivity index (χ0) is 13.9. The van der Waals surface area contributed by atoms with Crippen molar-refractivity contribution in [3.05, 3.63) is 47.8 Å². The first-order valence-corrected chi connectivity index (χ1v) is 5.83. The van der Waals surface area contributed by atoms with E-state index in [-0.39, 0.29) is 18.4 Å². The molecule has 1 aliphatic heterocycles. The average Bonchev–Trinajstić information content (AvgIpc) is 2.95. The third-order valence-electron chi connectivity index (χ3n) is 2.77. The molecular weight excluding hydrogens is 258 g/mol. The number of nitrogens with zero attached hydrogens (tertiary/aromatic N) is 2. The number of ether oxygens (including phenoxy) is 2. The minimum Gasteiger partial charge on any atom is -0.454 e. The molecule has 1 aliphatic rings. The van der Waals surface area contributed by atoms with Gasteiger partial charge in [0.2, 0.25) is 6.79 Å². The van der Waals surface area contributed by atoms with Crippen LogP contribution in [0.1, 0.15) is 16.1 Å². The Labute approximate surface area is 114 Å². The molecule has 1 aromatic heterocycles. The summed E-state index contributed by atoms with van der Waals surface area (Å²) in [7, 11) is 0. The number of benzene rings is 1. The van der Waals surface area contributed by atoms with E-state index in [1.807, 2.05) is 6.07 Å². The predicted octanol–water partition coefficient (Wildman–Crippen LogP) is 1.93. The smallest absolute Gasteiger partial charge is 0.257 e. The number of hydrogen-bond donors (Lipinski definition) is 1. The Balaban J connectivity index is 1.77. The second-order valence-corrected chi connectivity index (χ2v) is 4.07. The first kappa shape index (κ1) is 12.0. The van der Waals surface area contributed by atoms with E-state index in [1.165, 1.54) is 12.3 Å². The Hall–Kier alpha value is -3.07. The second-order valence-electron chi connectivity index (χ2n) is 4.07. The lowest BCUT2D eigenvalue weighted by molar-refractivity contribution is 0.102. The number of hydrogen-bond acceptors (Lipinski definition) is 5. The van der Waals surface area contributed by atoms with Crippen LogP contribution in [-0.2, 0) is 0 Å². The largest absolute Gasteiger partial charge is 0.454 e. The van der Waals surface area contributed by atoms with Crippen LogP contribution in [-0.4, -0.2) is 17.7 Å². The molecule has 0 spiro atoms. The van der Waals surface area contributed by atoms with E-state index in [1.54, 1.807) is 24.3 Å². The van der Waals surface area contributed by atoms with Crippen molar-refractivity contribution in [1.82, 2.24) is 4.98 Å². The number of anilines is 1. The summed E-state index contributed by atoms with van der Waals surface area (Å²) in [6.45, 7) is 0.187. The van der Waals surface area contributed by atoms with Crippen molar-refractivity contribution in [3.63, 3.8) is 0 Å². The van der Waals surface area contributed by atoms with Gasteiger partial charge in [-0.25, -0.2) is 4.98 Å². The summed E-state index contributed by atoms with van der Waals surface area (Å²) in [6, 6.07) is 10.1. The molecule has 2 heterocycles. The van der Waals surface area contributed by atoms with Gasteiger partial charge in [-0.3, -0.25) is 4.79 Å². The monoisotopic (exact) mass is 267 g/mol. The molecular formula is C14H9N3O3. The molecule has 20 heavy (non-hydrogen) atoms. The van der Waals surface area contributed by atoms with Crippen molar-refractivity contribution in [2.45, 2.75) is 0 Å². The van der Waals surface area contributed by atoms with E-state index in [4.69, 9.17) is 14.7 Å². The van der Waals surface area contributed by atoms with E-state index in [9.17, 15) is 4.79 Å². The van der Waals surface area contributed by atoms with Crippen molar-refractivity contribution in [2.24, 2.45) is 0 Å². The fraction of sp³-hybridized carbons (Fsp3) is 0.0714. The Bertz CT molecular complexity index is 705. The number of fused-ring (bicyclic) bond motifs is 1. The minimum absolute atomic E-state index is 0.187. The third-order valence-corrected chi connectivity index (χ3v) is 2.77. The van der Waals surface area contributed by atoms with Crippen LogP contribution < -0.4 is 14.8 Å². The molecule has 0 atom stereocenters. The molecule has 3 rings (SSSR count). The highest BCUT2D eigenvalue weighted by atomic mass is 16.7. The summed E-state index contributed by atoms with van der Waals surface area (Å²) in [5.74, 6) is 0.949. The lowest BCUT2D eigenvalue weighted by Gasteiger charge is -2.05. The maximum absolute atomic E-state index is 12.0. The van der Waals surface area contributed by atoms with Gasteiger partial charge in [-0.2, -0.15) is 5.26 Å². The van der Waals surface area contributed by atoms with Crippen molar-refractivity contribution < 1.29 is 14.3 Å². The molecule has 0 saturated carbocycles. The van der Waals surface area contributed by atoms with Gasteiger partial charge < -0.3 is 14.8 Å². The summed E-state index contributed by atoms with van der Waals surface area (Å²) in [6.07, 6.45) is 1.36. The van der Waals surface area contributed by atoms with Crippen LogP contribution in [0.25, 0.3) is 0 Å². The molecule has 0 bridgehead atoms. The van der Waals surface area contributed by atoms with Gasteiger partial charge in [-0.05, 0) is 24.3 Å². The fourth-order valence-corrected chi connectivity index (χ4v) is 1.77. The summed E-state index contributed by atoms with van der Waals surface area (Å²) in [5, 5.41) is 11.4. The third kappa shape index (κ3) is 2.24. The first-order chi connectivity index (χ1) is 9.76. The summed E-state index contributed by atoms with van der Waals surface area (Å²) in [4.78, 5) is 15.9. The molecule has 6 heteroatoms. The molecule has 0 unspecified atom stereocenters. The number of carbonyl (C=O) groups excluding carboxylic acids is 1. The van der Waals surface area contributed by atoms with Gasteiger partial charge in [-0.1, -0.05) is 0 Å². The van der Waals surface area contributed by atoms with Gasteiger partial charge in [0.05, 0.1) is 5.56 Å². The van der Waals surface area contributed by atoms with Gasteiger partial charge in [0.15, 0.2) is 11.5 Å². The molecule has 6 nitrogen and oxygen atoms in total. The molecule has 98 valence electrons. The highest BCUT2D eigenvalue weighted by molar-refractivity contribution is 6.04. The second kappa shape index (κ2) is 4.90. The number of amides is 1. The van der Waals surface area contributed by atoms with Crippen LogP contribution in [0.15, 0.2) is 36.5 Å². The van der Waals surface area contributed by atoms with Crippen LogP contribution in [0.5, 0.6) is 11.5 Å². The SMILES string of the molecule is N#Cc1ccc(C(=O)Nc2ccc3c(c2)OCO3)cn1. The topological polar surface area (TPSA) is 84.2 Å². The Morgan fingerprint density at radius 2 is 2.10 bits per heavy atom. The van der Waals surface area contributed by atoms with Crippen molar-refractivity contribution >= 4 is 11.6 Å². The van der Waals surface area contributed by atoms with Crippen molar-refractivity contribution in [1.29, 1.82) is 5.26 Å². The van der Waals surface area contributed by atoms with Gasteiger partial charge in [0, 0.05) is 18.0 Å². The lowest BCUT2D eigenvalue weighted by atomic mass is 10.2. The molecule has 2 aromatic rings. The maximum Gasteiger partial charge on any atom is 0.257 e. The molecule has 1 N–H and O–H groups in total. The summed E-state index contributed by atoms with van der Waals surface area (Å²) in [5.41, 5.74) is 1.25. The van der Waals surface area contributed by atoms with Crippen LogP contribution >= 0.6 is 0 Å². The number of nitriles is 1. The zero-order valence-electron chi connectivity index (χ0n) is 10.3. The molecule has 0 radical (unpaired) electrons. The molecule has 0 aliphatic carbocycles. The zero-order valence-corrected chi connectivity index (χ0v) is 10.3. The first-order valence-electron chi connectivity index (χ1n) is 5.83. The molecule has 0 saturated heterocycles. The maximum atomic E-state index is 12.0. The van der Waals surface area contributed by atoms with E-state index >= 15 is 0 Å². The number of pyridine rings is 1. The van der Waals surface area contributed by atoms with Crippen LogP contribution in [0.4, 0.5) is 5.69 Å². The van der Waals surface area contributed by atoms with Gasteiger partial charge in [0.25, 0.3) is 5.91 Å². The Morgan fingerprint density at radius 1 is 1.25 bits per heavy atom. The number of rotatable bonds is 2.